The Morgan fingerprint density at radius 2 is 1.54 bits per heavy atom. The number of furan rings is 1. The van der Waals surface area contributed by atoms with Gasteiger partial charge >= 0.3 is 0 Å². The van der Waals surface area contributed by atoms with Crippen LogP contribution in [0.5, 0.6) is 0 Å². The summed E-state index contributed by atoms with van der Waals surface area (Å²) < 4.78 is 6.05. The van der Waals surface area contributed by atoms with Gasteiger partial charge in [0.05, 0.1) is 5.52 Å². The van der Waals surface area contributed by atoms with Crippen molar-refractivity contribution >= 4 is 44.6 Å². The number of fused-ring (bicyclic) bond motifs is 5. The fourth-order valence-electron chi connectivity index (χ4n) is 3.06. The molecular formula is C20H11ClN2O. The molecule has 0 aliphatic rings. The molecule has 0 unspecified atom stereocenters. The summed E-state index contributed by atoms with van der Waals surface area (Å²) in [6.07, 6.45) is 0. The molecule has 114 valence electrons. The third kappa shape index (κ3) is 1.92. The van der Waals surface area contributed by atoms with E-state index in [0.29, 0.717) is 10.8 Å². The van der Waals surface area contributed by atoms with Gasteiger partial charge in [-0.05, 0) is 18.2 Å². The van der Waals surface area contributed by atoms with Crippen LogP contribution in [0.3, 0.4) is 0 Å². The molecule has 5 aromatic rings. The summed E-state index contributed by atoms with van der Waals surface area (Å²) in [5.41, 5.74) is 4.65. The second-order valence-electron chi connectivity index (χ2n) is 5.64. The lowest BCUT2D eigenvalue weighted by Gasteiger charge is -2.05. The summed E-state index contributed by atoms with van der Waals surface area (Å²) in [7, 11) is 0. The van der Waals surface area contributed by atoms with E-state index in [9.17, 15) is 0 Å². The summed E-state index contributed by atoms with van der Waals surface area (Å²) in [6.45, 7) is 0. The number of nitrogens with zero attached hydrogens (tertiary/aromatic N) is 2. The van der Waals surface area contributed by atoms with Crippen molar-refractivity contribution in [1.29, 1.82) is 0 Å². The zero-order valence-corrected chi connectivity index (χ0v) is 13.3. The normalized spacial score (nSPS) is 11.5. The Balaban J connectivity index is 1.91. The average molecular weight is 331 g/mol. The SMILES string of the molecule is Clc1nc2ccc3c4ccccc4oc3c2nc1-c1ccccc1. The van der Waals surface area contributed by atoms with Gasteiger partial charge < -0.3 is 4.42 Å². The molecule has 0 amide bonds. The van der Waals surface area contributed by atoms with Gasteiger partial charge in [0, 0.05) is 16.3 Å². The predicted molar refractivity (Wildman–Crippen MR) is 97.3 cm³/mol. The van der Waals surface area contributed by atoms with E-state index in [1.165, 1.54) is 0 Å². The number of hydrogen-bond donors (Lipinski definition) is 0. The maximum atomic E-state index is 6.36. The molecule has 4 heteroatoms. The minimum Gasteiger partial charge on any atom is -0.454 e. The Bertz CT molecular complexity index is 1210. The summed E-state index contributed by atoms with van der Waals surface area (Å²) in [5.74, 6) is 0. The van der Waals surface area contributed by atoms with Crippen molar-refractivity contribution in [3.05, 3.63) is 71.9 Å². The number of rotatable bonds is 1. The monoisotopic (exact) mass is 330 g/mol. The molecule has 0 saturated carbocycles. The molecule has 2 aromatic heterocycles. The van der Waals surface area contributed by atoms with E-state index in [-0.39, 0.29) is 0 Å². The molecule has 0 aliphatic carbocycles. The van der Waals surface area contributed by atoms with Crippen LogP contribution in [0.1, 0.15) is 0 Å². The Morgan fingerprint density at radius 1 is 0.750 bits per heavy atom. The first-order chi connectivity index (χ1) is 11.8. The number of aromatic nitrogens is 2. The topological polar surface area (TPSA) is 38.9 Å². The van der Waals surface area contributed by atoms with Gasteiger partial charge in [0.25, 0.3) is 0 Å². The highest BCUT2D eigenvalue weighted by molar-refractivity contribution is 6.32. The van der Waals surface area contributed by atoms with E-state index >= 15 is 0 Å². The third-order valence-electron chi connectivity index (χ3n) is 4.18. The first-order valence-electron chi connectivity index (χ1n) is 7.64. The number of para-hydroxylation sites is 1. The highest BCUT2D eigenvalue weighted by atomic mass is 35.5. The summed E-state index contributed by atoms with van der Waals surface area (Å²) >= 11 is 6.36. The van der Waals surface area contributed by atoms with Crippen LogP contribution in [0.15, 0.2) is 71.1 Å². The molecule has 0 radical (unpaired) electrons. The Hall–Kier alpha value is -2.91. The maximum absolute atomic E-state index is 6.36. The third-order valence-corrected chi connectivity index (χ3v) is 4.45. The van der Waals surface area contributed by atoms with Crippen LogP contribution in [0.4, 0.5) is 0 Å². The van der Waals surface area contributed by atoms with Crippen molar-refractivity contribution in [1.82, 2.24) is 9.97 Å². The molecule has 0 aliphatic heterocycles. The van der Waals surface area contributed by atoms with Gasteiger partial charge in [-0.2, -0.15) is 0 Å². The van der Waals surface area contributed by atoms with Crippen molar-refractivity contribution in [3.63, 3.8) is 0 Å². The molecule has 0 bridgehead atoms. The van der Waals surface area contributed by atoms with E-state index in [4.69, 9.17) is 21.0 Å². The summed E-state index contributed by atoms with van der Waals surface area (Å²) in [5, 5.41) is 2.50. The molecule has 0 atom stereocenters. The molecule has 3 aromatic carbocycles. The Kier molecular flexibility index (Phi) is 2.84. The Morgan fingerprint density at radius 3 is 2.42 bits per heavy atom. The van der Waals surface area contributed by atoms with E-state index < -0.39 is 0 Å². The maximum Gasteiger partial charge on any atom is 0.163 e. The van der Waals surface area contributed by atoms with E-state index in [2.05, 4.69) is 11.1 Å². The summed E-state index contributed by atoms with van der Waals surface area (Å²) in [6, 6.07) is 21.7. The van der Waals surface area contributed by atoms with Crippen molar-refractivity contribution in [2.45, 2.75) is 0 Å². The van der Waals surface area contributed by atoms with Crippen LogP contribution in [-0.4, -0.2) is 9.97 Å². The molecule has 3 nitrogen and oxygen atoms in total. The van der Waals surface area contributed by atoms with Crippen LogP contribution < -0.4 is 0 Å². The first kappa shape index (κ1) is 13.5. The molecule has 24 heavy (non-hydrogen) atoms. The highest BCUT2D eigenvalue weighted by Crippen LogP contribution is 2.35. The van der Waals surface area contributed by atoms with Crippen LogP contribution >= 0.6 is 11.6 Å². The van der Waals surface area contributed by atoms with Crippen molar-refractivity contribution in [3.8, 4) is 11.3 Å². The molecule has 0 fully saturated rings. The van der Waals surface area contributed by atoms with Gasteiger partial charge in [0.2, 0.25) is 0 Å². The van der Waals surface area contributed by atoms with Gasteiger partial charge in [0.15, 0.2) is 10.7 Å². The van der Waals surface area contributed by atoms with E-state index in [1.807, 2.05) is 60.7 Å². The molecule has 2 heterocycles. The molecule has 5 rings (SSSR count). The van der Waals surface area contributed by atoms with Crippen molar-refractivity contribution in [2.75, 3.05) is 0 Å². The molecular weight excluding hydrogens is 320 g/mol. The van der Waals surface area contributed by atoms with E-state index in [1.54, 1.807) is 0 Å². The van der Waals surface area contributed by atoms with Crippen LogP contribution in [0.25, 0.3) is 44.2 Å². The largest absolute Gasteiger partial charge is 0.454 e. The average Bonchev–Trinajstić information content (AvgIpc) is 3.01. The minimum absolute atomic E-state index is 0.393. The Labute approximate surface area is 142 Å². The smallest absolute Gasteiger partial charge is 0.163 e. The van der Waals surface area contributed by atoms with Crippen LogP contribution in [0, 0.1) is 0 Å². The van der Waals surface area contributed by atoms with Gasteiger partial charge in [-0.25, -0.2) is 9.97 Å². The number of hydrogen-bond acceptors (Lipinski definition) is 3. The minimum atomic E-state index is 0.393. The molecule has 0 saturated heterocycles. The second-order valence-corrected chi connectivity index (χ2v) is 6.00. The van der Waals surface area contributed by atoms with Crippen LogP contribution in [0.2, 0.25) is 5.15 Å². The quantitative estimate of drug-likeness (QED) is 0.387. The molecule has 0 spiro atoms. The lowest BCUT2D eigenvalue weighted by molar-refractivity contribution is 0.671. The van der Waals surface area contributed by atoms with Crippen molar-refractivity contribution in [2.24, 2.45) is 0 Å². The van der Waals surface area contributed by atoms with Gasteiger partial charge in [-0.1, -0.05) is 60.1 Å². The van der Waals surface area contributed by atoms with Gasteiger partial charge in [-0.15, -0.1) is 0 Å². The second kappa shape index (κ2) is 5.05. The lowest BCUT2D eigenvalue weighted by atomic mass is 10.1. The summed E-state index contributed by atoms with van der Waals surface area (Å²) in [4.78, 5) is 9.30. The lowest BCUT2D eigenvalue weighted by Crippen LogP contribution is -1.91. The standard InChI is InChI=1S/C20H11ClN2O/c21-20-17(12-6-2-1-3-7-12)23-18-15(22-20)11-10-14-13-8-4-5-9-16(13)24-19(14)18/h1-11H. The fraction of sp³-hybridized carbons (Fsp3) is 0. The van der Waals surface area contributed by atoms with E-state index in [0.717, 1.165) is 38.5 Å². The van der Waals surface area contributed by atoms with Crippen molar-refractivity contribution < 1.29 is 4.42 Å². The van der Waals surface area contributed by atoms with Gasteiger partial charge in [-0.3, -0.25) is 0 Å². The zero-order chi connectivity index (χ0) is 16.1. The van der Waals surface area contributed by atoms with Gasteiger partial charge in [0.1, 0.15) is 16.8 Å². The predicted octanol–water partition coefficient (Wildman–Crippen LogP) is 5.85. The number of halogens is 1. The first-order valence-corrected chi connectivity index (χ1v) is 8.02. The number of benzene rings is 3. The van der Waals surface area contributed by atoms with Crippen LogP contribution in [-0.2, 0) is 0 Å². The highest BCUT2D eigenvalue weighted by Gasteiger charge is 2.15. The zero-order valence-electron chi connectivity index (χ0n) is 12.5. The molecule has 0 N–H and O–H groups in total. The fourth-order valence-corrected chi connectivity index (χ4v) is 3.30.